The zero-order chi connectivity index (χ0) is 20.1. The van der Waals surface area contributed by atoms with E-state index in [1.165, 1.54) is 6.07 Å². The molecule has 144 valence electrons. The molecule has 0 atom stereocenters. The number of rotatable bonds is 7. The van der Waals surface area contributed by atoms with Gasteiger partial charge < -0.3 is 4.74 Å². The van der Waals surface area contributed by atoms with E-state index >= 15 is 4.39 Å². The third-order valence-electron chi connectivity index (χ3n) is 4.56. The standard InChI is InChI=1S/C24H21F3O/c1-3-5-7-18-15-17-10-13-20(23(26)21(17)24(27)22(18)25)16-8-11-19(12-9-16)28-14-6-4-2/h3-4,6,8-13,15H,1,5,7,14H2,2H3. The van der Waals surface area contributed by atoms with E-state index < -0.39 is 17.5 Å². The first kappa shape index (κ1) is 19.7. The fraction of sp³-hybridized carbons (Fsp3) is 0.167. The van der Waals surface area contributed by atoms with E-state index in [-0.39, 0.29) is 16.5 Å². The van der Waals surface area contributed by atoms with Gasteiger partial charge in [-0.15, -0.1) is 6.58 Å². The molecule has 3 aromatic rings. The number of halogens is 3. The van der Waals surface area contributed by atoms with Gasteiger partial charge in [-0.05, 0) is 54.5 Å². The Morgan fingerprint density at radius 3 is 2.39 bits per heavy atom. The van der Waals surface area contributed by atoms with Crippen LogP contribution in [0.4, 0.5) is 13.2 Å². The molecule has 0 aliphatic heterocycles. The average Bonchev–Trinajstić information content (AvgIpc) is 2.70. The highest BCUT2D eigenvalue weighted by molar-refractivity contribution is 5.89. The smallest absolute Gasteiger partial charge is 0.169 e. The number of fused-ring (bicyclic) bond motifs is 1. The molecule has 0 spiro atoms. The van der Waals surface area contributed by atoms with Gasteiger partial charge in [0.2, 0.25) is 0 Å². The highest BCUT2D eigenvalue weighted by Gasteiger charge is 2.19. The van der Waals surface area contributed by atoms with Crippen LogP contribution in [-0.4, -0.2) is 6.61 Å². The molecule has 0 aliphatic rings. The molecular weight excluding hydrogens is 361 g/mol. The van der Waals surface area contributed by atoms with Gasteiger partial charge in [-0.25, -0.2) is 13.2 Å². The molecule has 1 nitrogen and oxygen atoms in total. The van der Waals surface area contributed by atoms with E-state index in [4.69, 9.17) is 4.74 Å². The molecule has 0 heterocycles. The number of ether oxygens (including phenoxy) is 1. The lowest BCUT2D eigenvalue weighted by molar-refractivity contribution is 0.363. The maximum Gasteiger partial charge on any atom is 0.169 e. The summed E-state index contributed by atoms with van der Waals surface area (Å²) in [7, 11) is 0. The molecule has 3 rings (SSSR count). The van der Waals surface area contributed by atoms with Crippen molar-refractivity contribution in [3.63, 3.8) is 0 Å². The van der Waals surface area contributed by atoms with Gasteiger partial charge >= 0.3 is 0 Å². The van der Waals surface area contributed by atoms with Gasteiger partial charge in [-0.2, -0.15) is 0 Å². The van der Waals surface area contributed by atoms with Crippen LogP contribution in [0, 0.1) is 17.5 Å². The van der Waals surface area contributed by atoms with Crippen LogP contribution in [0.1, 0.15) is 18.9 Å². The quantitative estimate of drug-likeness (QED) is 0.400. The van der Waals surface area contributed by atoms with Crippen LogP contribution in [0.3, 0.4) is 0 Å². The zero-order valence-electron chi connectivity index (χ0n) is 15.6. The molecule has 0 unspecified atom stereocenters. The minimum atomic E-state index is -1.15. The van der Waals surface area contributed by atoms with E-state index in [0.717, 1.165) is 0 Å². The normalized spacial score (nSPS) is 11.3. The summed E-state index contributed by atoms with van der Waals surface area (Å²) in [5, 5.41) is 0.0104. The van der Waals surface area contributed by atoms with Gasteiger partial charge in [0.15, 0.2) is 11.6 Å². The Bertz CT molecular complexity index is 1020. The Kier molecular flexibility index (Phi) is 6.19. The molecule has 0 amide bonds. The molecular formula is C24H21F3O. The van der Waals surface area contributed by atoms with Crippen molar-refractivity contribution in [1.29, 1.82) is 0 Å². The summed E-state index contributed by atoms with van der Waals surface area (Å²) < 4.78 is 49.6. The van der Waals surface area contributed by atoms with Crippen molar-refractivity contribution in [3.05, 3.63) is 90.3 Å². The van der Waals surface area contributed by atoms with Crippen LogP contribution in [0.5, 0.6) is 5.75 Å². The molecule has 3 aromatic carbocycles. The number of hydrogen-bond acceptors (Lipinski definition) is 1. The summed E-state index contributed by atoms with van der Waals surface area (Å²) in [4.78, 5) is 0. The molecule has 0 aromatic heterocycles. The second-order valence-corrected chi connectivity index (χ2v) is 6.42. The predicted molar refractivity (Wildman–Crippen MR) is 108 cm³/mol. The van der Waals surface area contributed by atoms with Crippen molar-refractivity contribution in [3.8, 4) is 16.9 Å². The van der Waals surface area contributed by atoms with E-state index in [9.17, 15) is 8.78 Å². The highest BCUT2D eigenvalue weighted by atomic mass is 19.2. The topological polar surface area (TPSA) is 9.23 Å². The van der Waals surface area contributed by atoms with E-state index in [0.29, 0.717) is 36.1 Å². The maximum atomic E-state index is 15.1. The van der Waals surface area contributed by atoms with Crippen molar-refractivity contribution < 1.29 is 17.9 Å². The van der Waals surface area contributed by atoms with Crippen molar-refractivity contribution in [2.24, 2.45) is 0 Å². The largest absolute Gasteiger partial charge is 0.490 e. The van der Waals surface area contributed by atoms with Crippen LogP contribution >= 0.6 is 0 Å². The van der Waals surface area contributed by atoms with Crippen molar-refractivity contribution >= 4 is 10.8 Å². The molecule has 0 radical (unpaired) electrons. The van der Waals surface area contributed by atoms with Gasteiger partial charge in [0.05, 0.1) is 5.39 Å². The fourth-order valence-corrected chi connectivity index (χ4v) is 3.07. The average molecular weight is 382 g/mol. The van der Waals surface area contributed by atoms with Crippen LogP contribution in [-0.2, 0) is 6.42 Å². The SMILES string of the molecule is C=CCCc1cc2ccc(-c3ccc(OCC=CC)cc3)c(F)c2c(F)c1F. The van der Waals surface area contributed by atoms with Crippen molar-refractivity contribution in [2.45, 2.75) is 19.8 Å². The van der Waals surface area contributed by atoms with Gasteiger partial charge in [-0.3, -0.25) is 0 Å². The minimum Gasteiger partial charge on any atom is -0.490 e. The first-order valence-electron chi connectivity index (χ1n) is 9.11. The summed E-state index contributed by atoms with van der Waals surface area (Å²) in [5.41, 5.74) is 0.998. The lowest BCUT2D eigenvalue weighted by Gasteiger charge is -2.11. The minimum absolute atomic E-state index is 0.213. The van der Waals surface area contributed by atoms with Crippen molar-refractivity contribution in [2.75, 3.05) is 6.61 Å². The predicted octanol–water partition coefficient (Wildman–Crippen LogP) is 7.00. The molecule has 0 fully saturated rings. The van der Waals surface area contributed by atoms with Crippen LogP contribution < -0.4 is 4.74 Å². The lowest BCUT2D eigenvalue weighted by atomic mass is 9.97. The number of allylic oxidation sites excluding steroid dienone is 2. The third kappa shape index (κ3) is 3.96. The second-order valence-electron chi connectivity index (χ2n) is 6.42. The molecule has 0 aliphatic carbocycles. The Labute approximate surface area is 162 Å². The fourth-order valence-electron chi connectivity index (χ4n) is 3.07. The van der Waals surface area contributed by atoms with Gasteiger partial charge in [0.1, 0.15) is 18.2 Å². The summed E-state index contributed by atoms with van der Waals surface area (Å²) in [6, 6.07) is 11.5. The van der Waals surface area contributed by atoms with Gasteiger partial charge in [-0.1, -0.05) is 42.5 Å². The van der Waals surface area contributed by atoms with Crippen LogP contribution in [0.25, 0.3) is 21.9 Å². The maximum absolute atomic E-state index is 15.1. The summed E-state index contributed by atoms with van der Waals surface area (Å²) in [6.07, 6.45) is 6.23. The summed E-state index contributed by atoms with van der Waals surface area (Å²) in [6.45, 7) is 5.93. The van der Waals surface area contributed by atoms with Crippen LogP contribution in [0.2, 0.25) is 0 Å². The number of aryl methyl sites for hydroxylation is 1. The zero-order valence-corrected chi connectivity index (χ0v) is 15.6. The Balaban J connectivity index is 2.00. The van der Waals surface area contributed by atoms with Gasteiger partial charge in [0, 0.05) is 5.56 Å². The molecule has 0 bridgehead atoms. The molecule has 0 saturated heterocycles. The van der Waals surface area contributed by atoms with Crippen molar-refractivity contribution in [1.82, 2.24) is 0 Å². The molecule has 0 saturated carbocycles. The van der Waals surface area contributed by atoms with E-state index in [1.54, 1.807) is 42.5 Å². The monoisotopic (exact) mass is 382 g/mol. The molecule has 0 N–H and O–H groups in total. The second kappa shape index (κ2) is 8.79. The third-order valence-corrected chi connectivity index (χ3v) is 4.56. The number of benzene rings is 3. The summed E-state index contributed by atoms with van der Waals surface area (Å²) in [5.74, 6) is -2.28. The molecule has 28 heavy (non-hydrogen) atoms. The number of hydrogen-bond donors (Lipinski definition) is 0. The first-order chi connectivity index (χ1) is 13.6. The van der Waals surface area contributed by atoms with Crippen LogP contribution in [0.15, 0.2) is 67.3 Å². The van der Waals surface area contributed by atoms with E-state index in [2.05, 4.69) is 6.58 Å². The summed E-state index contributed by atoms with van der Waals surface area (Å²) >= 11 is 0. The van der Waals surface area contributed by atoms with Gasteiger partial charge in [0.25, 0.3) is 0 Å². The lowest BCUT2D eigenvalue weighted by Crippen LogP contribution is -1.99. The van der Waals surface area contributed by atoms with E-state index in [1.807, 2.05) is 19.1 Å². The Hall–Kier alpha value is -3.01. The Morgan fingerprint density at radius 2 is 1.71 bits per heavy atom. The first-order valence-corrected chi connectivity index (χ1v) is 9.11. The highest BCUT2D eigenvalue weighted by Crippen LogP contribution is 2.33. The molecule has 4 heteroatoms. The Morgan fingerprint density at radius 1 is 0.964 bits per heavy atom.